The van der Waals surface area contributed by atoms with Gasteiger partial charge in [-0.1, -0.05) is 42.5 Å². The van der Waals surface area contributed by atoms with Crippen LogP contribution in [0.2, 0.25) is 0 Å². The van der Waals surface area contributed by atoms with Crippen molar-refractivity contribution in [2.75, 3.05) is 13.2 Å². The highest BCUT2D eigenvalue weighted by molar-refractivity contribution is 7.10. The van der Waals surface area contributed by atoms with Crippen molar-refractivity contribution in [3.05, 3.63) is 93.2 Å². The molecule has 7 nitrogen and oxygen atoms in total. The van der Waals surface area contributed by atoms with E-state index in [1.165, 1.54) is 4.88 Å². The Labute approximate surface area is 200 Å². The topological polar surface area (TPSA) is 84.0 Å². The van der Waals surface area contributed by atoms with E-state index in [0.717, 1.165) is 22.4 Å². The molecule has 34 heavy (non-hydrogen) atoms. The number of fused-ring (bicyclic) bond motifs is 2. The number of esters is 1. The van der Waals surface area contributed by atoms with Crippen molar-refractivity contribution < 1.29 is 23.9 Å². The molecule has 0 bridgehead atoms. The number of hydrogen-bond donors (Lipinski definition) is 0. The smallest absolute Gasteiger partial charge is 0.330 e. The fourth-order valence-corrected chi connectivity index (χ4v) is 5.28. The van der Waals surface area contributed by atoms with Gasteiger partial charge in [0.05, 0.1) is 11.1 Å². The van der Waals surface area contributed by atoms with Gasteiger partial charge in [0.1, 0.15) is 6.04 Å². The van der Waals surface area contributed by atoms with Crippen LogP contribution in [0.4, 0.5) is 0 Å². The van der Waals surface area contributed by atoms with Gasteiger partial charge in [0.15, 0.2) is 6.61 Å². The summed E-state index contributed by atoms with van der Waals surface area (Å²) in [7, 11) is 0. The van der Waals surface area contributed by atoms with Crippen molar-refractivity contribution in [2.45, 2.75) is 25.4 Å². The van der Waals surface area contributed by atoms with Gasteiger partial charge >= 0.3 is 5.97 Å². The van der Waals surface area contributed by atoms with Gasteiger partial charge in [-0.3, -0.25) is 19.3 Å². The molecule has 2 aliphatic rings. The molecule has 0 fully saturated rings. The Morgan fingerprint density at radius 2 is 1.62 bits per heavy atom. The maximum absolute atomic E-state index is 13.2. The zero-order valence-corrected chi connectivity index (χ0v) is 19.1. The van der Waals surface area contributed by atoms with Crippen LogP contribution in [-0.4, -0.2) is 52.7 Å². The van der Waals surface area contributed by atoms with Crippen LogP contribution in [-0.2, 0) is 33.7 Å². The molecule has 0 saturated heterocycles. The summed E-state index contributed by atoms with van der Waals surface area (Å²) in [5.41, 5.74) is 2.40. The molecule has 0 aliphatic carbocycles. The van der Waals surface area contributed by atoms with Gasteiger partial charge in [-0.2, -0.15) is 0 Å². The third-order valence-electron chi connectivity index (χ3n) is 6.18. The van der Waals surface area contributed by atoms with E-state index in [1.807, 2.05) is 41.8 Å². The summed E-state index contributed by atoms with van der Waals surface area (Å²) in [4.78, 5) is 55.9. The molecule has 2 aromatic carbocycles. The minimum Gasteiger partial charge on any atom is -0.454 e. The zero-order chi connectivity index (χ0) is 23.7. The molecule has 2 aliphatic heterocycles. The maximum atomic E-state index is 13.2. The molecule has 3 amide bonds. The van der Waals surface area contributed by atoms with Gasteiger partial charge < -0.3 is 9.64 Å². The number of imide groups is 1. The molecular weight excluding hydrogens is 452 g/mol. The molecule has 0 radical (unpaired) electrons. The highest BCUT2D eigenvalue weighted by Gasteiger charge is 2.43. The van der Waals surface area contributed by atoms with Crippen molar-refractivity contribution in [3.63, 3.8) is 0 Å². The van der Waals surface area contributed by atoms with Gasteiger partial charge in [0.25, 0.3) is 17.7 Å². The van der Waals surface area contributed by atoms with Crippen LogP contribution in [0.5, 0.6) is 0 Å². The first-order valence-corrected chi connectivity index (χ1v) is 11.9. The van der Waals surface area contributed by atoms with Crippen molar-refractivity contribution in [1.29, 1.82) is 0 Å². The van der Waals surface area contributed by atoms with E-state index in [9.17, 15) is 19.2 Å². The number of hydrogen-bond acceptors (Lipinski definition) is 6. The second-order valence-electron chi connectivity index (χ2n) is 8.27. The van der Waals surface area contributed by atoms with E-state index in [2.05, 4.69) is 0 Å². The Bertz CT molecular complexity index is 1230. The van der Waals surface area contributed by atoms with E-state index in [-0.39, 0.29) is 23.5 Å². The highest BCUT2D eigenvalue weighted by Crippen LogP contribution is 2.27. The summed E-state index contributed by atoms with van der Waals surface area (Å²) in [5, 5.41) is 2.01. The third kappa shape index (κ3) is 4.12. The van der Waals surface area contributed by atoms with Gasteiger partial charge in [0, 0.05) is 24.4 Å². The van der Waals surface area contributed by atoms with Crippen molar-refractivity contribution in [3.8, 4) is 0 Å². The van der Waals surface area contributed by atoms with Crippen LogP contribution >= 0.6 is 11.3 Å². The number of carbonyl (C=O) groups is 4. The summed E-state index contributed by atoms with van der Waals surface area (Å²) >= 11 is 1.68. The minimum atomic E-state index is -1.17. The lowest BCUT2D eigenvalue weighted by molar-refractivity contribution is -0.155. The SMILES string of the molecule is O=C(OCC(=O)N1CCc2sccc2C1)[C@H](Cc1ccccc1)N1C(=O)c2ccccc2C1=O. The Balaban J connectivity index is 1.32. The molecular formula is C26H22N2O5S. The van der Waals surface area contributed by atoms with Gasteiger partial charge in [0.2, 0.25) is 0 Å². The van der Waals surface area contributed by atoms with Crippen LogP contribution in [0, 0.1) is 0 Å². The average Bonchev–Trinajstić information content (AvgIpc) is 3.44. The number of ether oxygens (including phenoxy) is 1. The highest BCUT2D eigenvalue weighted by atomic mass is 32.1. The van der Waals surface area contributed by atoms with E-state index in [4.69, 9.17) is 4.74 Å². The van der Waals surface area contributed by atoms with E-state index < -0.39 is 30.4 Å². The van der Waals surface area contributed by atoms with Gasteiger partial charge in [-0.05, 0) is 41.1 Å². The number of thiophene rings is 1. The molecule has 5 rings (SSSR count). The van der Waals surface area contributed by atoms with Crippen molar-refractivity contribution in [1.82, 2.24) is 9.80 Å². The number of rotatable bonds is 6. The lowest BCUT2D eigenvalue weighted by Gasteiger charge is -2.28. The van der Waals surface area contributed by atoms with E-state index in [1.54, 1.807) is 40.5 Å². The molecule has 3 aromatic rings. The standard InChI is InChI=1S/C26H22N2O5S/c29-23(27-12-10-22-18(15-27)11-13-34-22)16-33-26(32)21(14-17-6-2-1-3-7-17)28-24(30)19-8-4-5-9-20(19)25(28)31/h1-9,11,13,21H,10,12,14-16H2/t21-/m0/s1. The number of benzene rings is 2. The zero-order valence-electron chi connectivity index (χ0n) is 18.3. The van der Waals surface area contributed by atoms with Gasteiger partial charge in [-0.25, -0.2) is 4.79 Å². The summed E-state index contributed by atoms with van der Waals surface area (Å²) in [6.45, 7) is 0.615. The first-order chi connectivity index (χ1) is 16.5. The fourth-order valence-electron chi connectivity index (χ4n) is 4.39. The summed E-state index contributed by atoms with van der Waals surface area (Å²) in [6, 6.07) is 16.4. The normalized spacial score (nSPS) is 15.6. The lowest BCUT2D eigenvalue weighted by atomic mass is 10.0. The maximum Gasteiger partial charge on any atom is 0.330 e. The Morgan fingerprint density at radius 3 is 2.32 bits per heavy atom. The third-order valence-corrected chi connectivity index (χ3v) is 7.20. The molecule has 0 unspecified atom stereocenters. The summed E-state index contributed by atoms with van der Waals surface area (Å²) < 4.78 is 5.40. The van der Waals surface area contributed by atoms with Crippen LogP contribution in [0.25, 0.3) is 0 Å². The number of nitrogens with zero attached hydrogens (tertiary/aromatic N) is 2. The second kappa shape index (κ2) is 9.23. The molecule has 172 valence electrons. The molecule has 0 N–H and O–H groups in total. The quantitative estimate of drug-likeness (QED) is 0.405. The van der Waals surface area contributed by atoms with Crippen LogP contribution in [0.3, 0.4) is 0 Å². The Kier molecular flexibility index (Phi) is 5.98. The van der Waals surface area contributed by atoms with Crippen LogP contribution in [0.15, 0.2) is 66.0 Å². The van der Waals surface area contributed by atoms with E-state index >= 15 is 0 Å². The number of amides is 3. The van der Waals surface area contributed by atoms with Crippen molar-refractivity contribution >= 4 is 35.0 Å². The second-order valence-corrected chi connectivity index (χ2v) is 9.27. The monoisotopic (exact) mass is 474 g/mol. The molecule has 0 spiro atoms. The predicted octanol–water partition coefficient (Wildman–Crippen LogP) is 3.08. The summed E-state index contributed by atoms with van der Waals surface area (Å²) in [5.74, 6) is -2.15. The number of carbonyl (C=O) groups excluding carboxylic acids is 4. The first-order valence-electron chi connectivity index (χ1n) is 11.0. The van der Waals surface area contributed by atoms with Crippen LogP contribution < -0.4 is 0 Å². The van der Waals surface area contributed by atoms with Crippen LogP contribution in [0.1, 0.15) is 36.7 Å². The first kappa shape index (κ1) is 22.0. The Hall–Kier alpha value is -3.78. The van der Waals surface area contributed by atoms with Crippen molar-refractivity contribution in [2.24, 2.45) is 0 Å². The largest absolute Gasteiger partial charge is 0.454 e. The average molecular weight is 475 g/mol. The summed E-state index contributed by atoms with van der Waals surface area (Å²) in [6.07, 6.45) is 0.875. The molecule has 8 heteroatoms. The predicted molar refractivity (Wildman–Crippen MR) is 125 cm³/mol. The lowest BCUT2D eigenvalue weighted by Crippen LogP contribution is -2.48. The minimum absolute atomic E-state index is 0.0985. The van der Waals surface area contributed by atoms with Gasteiger partial charge in [-0.15, -0.1) is 11.3 Å². The Morgan fingerprint density at radius 1 is 0.941 bits per heavy atom. The molecule has 0 saturated carbocycles. The molecule has 1 aromatic heterocycles. The fraction of sp³-hybridized carbons (Fsp3) is 0.231. The molecule has 3 heterocycles. The van der Waals surface area contributed by atoms with E-state index in [0.29, 0.717) is 13.1 Å². The molecule has 1 atom stereocenters.